The van der Waals surface area contributed by atoms with E-state index in [1.54, 1.807) is 30.3 Å². The molecule has 0 fully saturated rings. The van der Waals surface area contributed by atoms with Crippen LogP contribution < -0.4 is 14.8 Å². The summed E-state index contributed by atoms with van der Waals surface area (Å²) in [5.74, 6) is 1.22. The Bertz CT molecular complexity index is 884. The van der Waals surface area contributed by atoms with Gasteiger partial charge in [-0.2, -0.15) is 0 Å². The molecule has 3 nitrogen and oxygen atoms in total. The Labute approximate surface area is 163 Å². The van der Waals surface area contributed by atoms with Gasteiger partial charge in [0.2, 0.25) is 0 Å². The van der Waals surface area contributed by atoms with Gasteiger partial charge in [0.15, 0.2) is 0 Å². The molecule has 0 atom stereocenters. The molecule has 140 valence electrons. The molecule has 0 saturated heterocycles. The number of anilines is 1. The third kappa shape index (κ3) is 5.38. The summed E-state index contributed by atoms with van der Waals surface area (Å²) >= 11 is 6.14. The van der Waals surface area contributed by atoms with Crippen LogP contribution in [0.2, 0.25) is 5.02 Å². The van der Waals surface area contributed by atoms with Crippen molar-refractivity contribution in [2.24, 2.45) is 0 Å². The van der Waals surface area contributed by atoms with Crippen LogP contribution in [0.4, 0.5) is 10.1 Å². The molecular formula is C22H21ClFNO2. The van der Waals surface area contributed by atoms with E-state index in [0.717, 1.165) is 17.0 Å². The molecule has 5 heteroatoms. The SMILES string of the molecule is CCOc1ccc(NCc2cc(Cl)ccc2OCc2ccccc2F)cc1. The minimum Gasteiger partial charge on any atom is -0.494 e. The van der Waals surface area contributed by atoms with E-state index in [-0.39, 0.29) is 12.4 Å². The molecule has 0 aliphatic heterocycles. The summed E-state index contributed by atoms with van der Waals surface area (Å²) in [4.78, 5) is 0. The molecule has 0 amide bonds. The quantitative estimate of drug-likeness (QED) is 0.510. The zero-order valence-electron chi connectivity index (χ0n) is 15.0. The number of benzene rings is 3. The monoisotopic (exact) mass is 385 g/mol. The fraction of sp³-hybridized carbons (Fsp3) is 0.182. The Morgan fingerprint density at radius 2 is 1.70 bits per heavy atom. The Kier molecular flexibility index (Phi) is 6.55. The average molecular weight is 386 g/mol. The second kappa shape index (κ2) is 9.28. The average Bonchev–Trinajstić information content (AvgIpc) is 2.68. The van der Waals surface area contributed by atoms with Gasteiger partial charge in [0.1, 0.15) is 23.9 Å². The van der Waals surface area contributed by atoms with Gasteiger partial charge >= 0.3 is 0 Å². The van der Waals surface area contributed by atoms with Crippen LogP contribution in [-0.2, 0) is 13.2 Å². The van der Waals surface area contributed by atoms with Crippen molar-refractivity contribution >= 4 is 17.3 Å². The van der Waals surface area contributed by atoms with Gasteiger partial charge in [0.05, 0.1) is 6.61 Å². The van der Waals surface area contributed by atoms with Gasteiger partial charge in [0.25, 0.3) is 0 Å². The Balaban J connectivity index is 1.67. The maximum atomic E-state index is 13.8. The lowest BCUT2D eigenvalue weighted by molar-refractivity contribution is 0.297. The van der Waals surface area contributed by atoms with Crippen molar-refractivity contribution in [3.63, 3.8) is 0 Å². The lowest BCUT2D eigenvalue weighted by atomic mass is 10.2. The largest absolute Gasteiger partial charge is 0.494 e. The van der Waals surface area contributed by atoms with E-state index in [4.69, 9.17) is 21.1 Å². The van der Waals surface area contributed by atoms with Crippen LogP contribution in [0.25, 0.3) is 0 Å². The molecule has 3 aromatic carbocycles. The van der Waals surface area contributed by atoms with Gasteiger partial charge in [-0.1, -0.05) is 29.8 Å². The summed E-state index contributed by atoms with van der Waals surface area (Å²) < 4.78 is 25.1. The summed E-state index contributed by atoms with van der Waals surface area (Å²) in [6.45, 7) is 3.28. The smallest absolute Gasteiger partial charge is 0.129 e. The number of hydrogen-bond donors (Lipinski definition) is 1. The molecule has 0 bridgehead atoms. The fourth-order valence-corrected chi connectivity index (χ4v) is 2.83. The van der Waals surface area contributed by atoms with Crippen molar-refractivity contribution in [1.29, 1.82) is 0 Å². The number of hydrogen-bond acceptors (Lipinski definition) is 3. The second-order valence-electron chi connectivity index (χ2n) is 5.94. The van der Waals surface area contributed by atoms with Crippen LogP contribution in [0.5, 0.6) is 11.5 Å². The summed E-state index contributed by atoms with van der Waals surface area (Å²) in [5, 5.41) is 3.96. The van der Waals surface area contributed by atoms with Gasteiger partial charge in [0, 0.05) is 28.4 Å². The molecule has 0 unspecified atom stereocenters. The van der Waals surface area contributed by atoms with Crippen molar-refractivity contribution in [3.8, 4) is 11.5 Å². The molecule has 0 aliphatic rings. The third-order valence-corrected chi connectivity index (χ3v) is 4.25. The summed E-state index contributed by atoms with van der Waals surface area (Å²) in [5.41, 5.74) is 2.36. The normalized spacial score (nSPS) is 10.5. The highest BCUT2D eigenvalue weighted by molar-refractivity contribution is 6.30. The van der Waals surface area contributed by atoms with E-state index in [2.05, 4.69) is 5.32 Å². The minimum atomic E-state index is -0.277. The molecule has 0 heterocycles. The van der Waals surface area contributed by atoms with E-state index in [1.807, 2.05) is 37.3 Å². The van der Waals surface area contributed by atoms with E-state index in [9.17, 15) is 4.39 Å². The van der Waals surface area contributed by atoms with Crippen molar-refractivity contribution in [1.82, 2.24) is 0 Å². The highest BCUT2D eigenvalue weighted by Crippen LogP contribution is 2.26. The lowest BCUT2D eigenvalue weighted by Gasteiger charge is -2.14. The lowest BCUT2D eigenvalue weighted by Crippen LogP contribution is -2.04. The molecular weight excluding hydrogens is 365 g/mol. The highest BCUT2D eigenvalue weighted by atomic mass is 35.5. The highest BCUT2D eigenvalue weighted by Gasteiger charge is 2.08. The molecule has 3 rings (SSSR count). The van der Waals surface area contributed by atoms with Crippen molar-refractivity contribution in [2.45, 2.75) is 20.1 Å². The Morgan fingerprint density at radius 3 is 2.44 bits per heavy atom. The van der Waals surface area contributed by atoms with Gasteiger partial charge < -0.3 is 14.8 Å². The minimum absolute atomic E-state index is 0.157. The summed E-state index contributed by atoms with van der Waals surface area (Å²) in [6.07, 6.45) is 0. The predicted octanol–water partition coefficient (Wildman–Crippen LogP) is 6.07. The fourth-order valence-electron chi connectivity index (χ4n) is 2.63. The van der Waals surface area contributed by atoms with Crippen molar-refractivity contribution < 1.29 is 13.9 Å². The van der Waals surface area contributed by atoms with Crippen LogP contribution in [0.15, 0.2) is 66.7 Å². The van der Waals surface area contributed by atoms with E-state index in [0.29, 0.717) is 29.5 Å². The Morgan fingerprint density at radius 1 is 0.926 bits per heavy atom. The Hall–Kier alpha value is -2.72. The first-order valence-electron chi connectivity index (χ1n) is 8.77. The third-order valence-electron chi connectivity index (χ3n) is 4.01. The maximum absolute atomic E-state index is 13.8. The number of halogens is 2. The molecule has 0 saturated carbocycles. The molecule has 3 aromatic rings. The molecule has 0 radical (unpaired) electrons. The van der Waals surface area contributed by atoms with Crippen molar-refractivity contribution in [3.05, 3.63) is 88.7 Å². The van der Waals surface area contributed by atoms with Gasteiger partial charge in [-0.3, -0.25) is 0 Å². The number of ether oxygens (including phenoxy) is 2. The zero-order chi connectivity index (χ0) is 19.1. The van der Waals surface area contributed by atoms with Gasteiger partial charge in [-0.15, -0.1) is 0 Å². The topological polar surface area (TPSA) is 30.5 Å². The van der Waals surface area contributed by atoms with Crippen LogP contribution >= 0.6 is 11.6 Å². The summed E-state index contributed by atoms with van der Waals surface area (Å²) in [7, 11) is 0. The molecule has 0 aliphatic carbocycles. The number of rotatable bonds is 8. The first-order valence-corrected chi connectivity index (χ1v) is 9.15. The van der Waals surface area contributed by atoms with E-state index >= 15 is 0 Å². The van der Waals surface area contributed by atoms with Gasteiger partial charge in [-0.05, 0) is 55.5 Å². The molecule has 27 heavy (non-hydrogen) atoms. The molecule has 0 spiro atoms. The zero-order valence-corrected chi connectivity index (χ0v) is 15.8. The van der Waals surface area contributed by atoms with E-state index < -0.39 is 0 Å². The van der Waals surface area contributed by atoms with Crippen LogP contribution in [0, 0.1) is 5.82 Å². The standard InChI is InChI=1S/C22H21ClFNO2/c1-2-26-20-10-8-19(9-11-20)25-14-17-13-18(23)7-12-22(17)27-15-16-5-3-4-6-21(16)24/h3-13,25H,2,14-15H2,1H3. The summed E-state index contributed by atoms with van der Waals surface area (Å²) in [6, 6.07) is 19.7. The predicted molar refractivity (Wildman–Crippen MR) is 107 cm³/mol. The van der Waals surface area contributed by atoms with Gasteiger partial charge in [-0.25, -0.2) is 4.39 Å². The maximum Gasteiger partial charge on any atom is 0.129 e. The number of nitrogens with one attached hydrogen (secondary N) is 1. The van der Waals surface area contributed by atoms with Crippen LogP contribution in [0.3, 0.4) is 0 Å². The first-order chi connectivity index (χ1) is 13.2. The second-order valence-corrected chi connectivity index (χ2v) is 6.38. The van der Waals surface area contributed by atoms with E-state index in [1.165, 1.54) is 6.07 Å². The molecule has 1 N–H and O–H groups in total. The van der Waals surface area contributed by atoms with Crippen LogP contribution in [-0.4, -0.2) is 6.61 Å². The van der Waals surface area contributed by atoms with Crippen LogP contribution in [0.1, 0.15) is 18.1 Å². The first kappa shape index (κ1) is 19.1. The molecule has 0 aromatic heterocycles. The van der Waals surface area contributed by atoms with Crippen molar-refractivity contribution in [2.75, 3.05) is 11.9 Å².